The third-order valence-electron chi connectivity index (χ3n) is 6.00. The molecule has 7 heteroatoms. The van der Waals surface area contributed by atoms with Crippen LogP contribution in [0.2, 0.25) is 10.0 Å². The Morgan fingerprint density at radius 2 is 1.56 bits per heavy atom. The zero-order valence-electron chi connectivity index (χ0n) is 19.1. The van der Waals surface area contributed by atoms with Crippen LogP contribution in [0.5, 0.6) is 5.75 Å². The first-order valence-corrected chi connectivity index (χ1v) is 12.0. The van der Waals surface area contributed by atoms with Crippen LogP contribution in [0.4, 0.5) is 0 Å². The van der Waals surface area contributed by atoms with E-state index in [-0.39, 0.29) is 12.0 Å². The minimum atomic E-state index is -0.123. The number of hydrogen-bond acceptors (Lipinski definition) is 4. The molecule has 3 aromatic carbocycles. The fraction of sp³-hybridized carbons (Fsp3) is 0.296. The normalized spacial score (nSPS) is 15.2. The second-order valence-electron chi connectivity index (χ2n) is 8.30. The minimum Gasteiger partial charge on any atom is -0.497 e. The Morgan fingerprint density at radius 1 is 0.912 bits per heavy atom. The number of carbonyl (C=O) groups excluding carboxylic acids is 1. The predicted octanol–water partition coefficient (Wildman–Crippen LogP) is 5.72. The van der Waals surface area contributed by atoms with Crippen LogP contribution < -0.4 is 4.74 Å². The lowest BCUT2D eigenvalue weighted by atomic mass is 10.1. The summed E-state index contributed by atoms with van der Waals surface area (Å²) in [5.41, 5.74) is 2.79. The molecule has 3 aromatic rings. The van der Waals surface area contributed by atoms with Crippen molar-refractivity contribution in [2.45, 2.75) is 12.7 Å². The largest absolute Gasteiger partial charge is 0.497 e. The Morgan fingerprint density at radius 3 is 2.21 bits per heavy atom. The van der Waals surface area contributed by atoms with Crippen molar-refractivity contribution in [3.8, 4) is 5.75 Å². The molecule has 0 saturated carbocycles. The second-order valence-corrected chi connectivity index (χ2v) is 9.18. The molecule has 1 fully saturated rings. The summed E-state index contributed by atoms with van der Waals surface area (Å²) in [6, 6.07) is 22.8. The quantitative estimate of drug-likeness (QED) is 0.398. The van der Waals surface area contributed by atoms with E-state index in [0.29, 0.717) is 35.3 Å². The smallest absolute Gasteiger partial charge is 0.253 e. The number of piperazine rings is 1. The lowest BCUT2D eigenvalue weighted by Gasteiger charge is -2.36. The molecule has 1 atom stereocenters. The summed E-state index contributed by atoms with van der Waals surface area (Å²) in [4.78, 5) is 17.1. The van der Waals surface area contributed by atoms with Gasteiger partial charge in [0, 0.05) is 48.3 Å². The summed E-state index contributed by atoms with van der Waals surface area (Å²) in [5.74, 6) is 0.852. The average molecular weight is 499 g/mol. The molecule has 4 rings (SSSR count). The highest BCUT2D eigenvalue weighted by atomic mass is 35.5. The van der Waals surface area contributed by atoms with Crippen molar-refractivity contribution < 1.29 is 14.3 Å². The third-order valence-corrected chi connectivity index (χ3v) is 6.51. The zero-order valence-corrected chi connectivity index (χ0v) is 20.6. The van der Waals surface area contributed by atoms with E-state index in [1.807, 2.05) is 53.4 Å². The van der Waals surface area contributed by atoms with Gasteiger partial charge in [0.2, 0.25) is 0 Å². The van der Waals surface area contributed by atoms with Crippen molar-refractivity contribution >= 4 is 29.1 Å². The van der Waals surface area contributed by atoms with Gasteiger partial charge in [-0.05, 0) is 59.7 Å². The van der Waals surface area contributed by atoms with Crippen LogP contribution in [0.15, 0.2) is 72.8 Å². The van der Waals surface area contributed by atoms with Crippen molar-refractivity contribution in [3.05, 3.63) is 99.5 Å². The van der Waals surface area contributed by atoms with Crippen LogP contribution in [0, 0.1) is 0 Å². The van der Waals surface area contributed by atoms with Gasteiger partial charge in [0.1, 0.15) is 5.75 Å². The van der Waals surface area contributed by atoms with Gasteiger partial charge in [-0.25, -0.2) is 0 Å². The Labute approximate surface area is 210 Å². The van der Waals surface area contributed by atoms with E-state index in [9.17, 15) is 4.79 Å². The van der Waals surface area contributed by atoms with Crippen LogP contribution in [-0.4, -0.2) is 55.5 Å². The van der Waals surface area contributed by atoms with E-state index in [4.69, 9.17) is 32.7 Å². The summed E-state index contributed by atoms with van der Waals surface area (Å²) in [6.07, 6.45) is -0.123. The van der Waals surface area contributed by atoms with Gasteiger partial charge in [0.25, 0.3) is 5.91 Å². The standard InChI is InChI=1S/C27H28Cl2N2O3/c1-33-25-4-2-3-20(17-25)19-34-26(21-5-9-23(28)10-6-21)18-30-13-15-31(16-14-30)27(32)22-7-11-24(29)12-8-22/h2-12,17,26H,13-16,18-19H2,1H3. The molecule has 34 heavy (non-hydrogen) atoms. The van der Waals surface area contributed by atoms with Crippen LogP contribution in [0.25, 0.3) is 0 Å². The first-order chi connectivity index (χ1) is 16.5. The fourth-order valence-electron chi connectivity index (χ4n) is 4.03. The molecule has 0 aliphatic carbocycles. The van der Waals surface area contributed by atoms with Crippen molar-refractivity contribution in [2.75, 3.05) is 39.8 Å². The van der Waals surface area contributed by atoms with E-state index in [2.05, 4.69) is 4.90 Å². The molecular weight excluding hydrogens is 471 g/mol. The molecule has 1 heterocycles. The highest BCUT2D eigenvalue weighted by Crippen LogP contribution is 2.24. The van der Waals surface area contributed by atoms with Gasteiger partial charge in [0.05, 0.1) is 19.8 Å². The summed E-state index contributed by atoms with van der Waals surface area (Å²) in [7, 11) is 1.66. The Kier molecular flexibility index (Phi) is 8.46. The van der Waals surface area contributed by atoms with Crippen LogP contribution >= 0.6 is 23.2 Å². The summed E-state index contributed by atoms with van der Waals surface area (Å²) in [6.45, 7) is 4.11. The zero-order chi connectivity index (χ0) is 23.9. The van der Waals surface area contributed by atoms with Gasteiger partial charge in [-0.3, -0.25) is 9.69 Å². The third kappa shape index (κ3) is 6.51. The van der Waals surface area contributed by atoms with Gasteiger partial charge >= 0.3 is 0 Å². The van der Waals surface area contributed by atoms with Crippen molar-refractivity contribution in [2.24, 2.45) is 0 Å². The Balaban J connectivity index is 1.38. The molecule has 5 nitrogen and oxygen atoms in total. The molecule has 1 aliphatic heterocycles. The molecule has 0 aromatic heterocycles. The van der Waals surface area contributed by atoms with Crippen LogP contribution in [-0.2, 0) is 11.3 Å². The Hall–Kier alpha value is -2.57. The number of amides is 1. The number of rotatable bonds is 8. The summed E-state index contributed by atoms with van der Waals surface area (Å²) >= 11 is 12.1. The van der Waals surface area contributed by atoms with Crippen molar-refractivity contribution in [3.63, 3.8) is 0 Å². The maximum atomic E-state index is 12.8. The van der Waals surface area contributed by atoms with Crippen LogP contribution in [0.1, 0.15) is 27.6 Å². The van der Waals surface area contributed by atoms with Gasteiger partial charge in [-0.1, -0.05) is 47.5 Å². The molecule has 1 unspecified atom stereocenters. The van der Waals surface area contributed by atoms with E-state index < -0.39 is 0 Å². The van der Waals surface area contributed by atoms with Gasteiger partial charge < -0.3 is 14.4 Å². The van der Waals surface area contributed by atoms with E-state index in [0.717, 1.165) is 36.5 Å². The molecule has 1 aliphatic rings. The Bertz CT molecular complexity index is 1080. The topological polar surface area (TPSA) is 42.0 Å². The second kappa shape index (κ2) is 11.7. The van der Waals surface area contributed by atoms with Gasteiger partial charge in [-0.2, -0.15) is 0 Å². The van der Waals surface area contributed by atoms with E-state index in [1.165, 1.54) is 0 Å². The maximum absolute atomic E-state index is 12.8. The molecule has 178 valence electrons. The highest BCUT2D eigenvalue weighted by Gasteiger charge is 2.25. The molecule has 1 saturated heterocycles. The number of halogens is 2. The number of hydrogen-bond donors (Lipinski definition) is 0. The molecule has 0 N–H and O–H groups in total. The monoisotopic (exact) mass is 498 g/mol. The van der Waals surface area contributed by atoms with Gasteiger partial charge in [0.15, 0.2) is 0 Å². The molecule has 1 amide bonds. The SMILES string of the molecule is COc1cccc(COC(CN2CCN(C(=O)c3ccc(Cl)cc3)CC2)c2ccc(Cl)cc2)c1. The molecule has 0 spiro atoms. The number of benzene rings is 3. The first-order valence-electron chi connectivity index (χ1n) is 11.3. The maximum Gasteiger partial charge on any atom is 0.253 e. The fourth-order valence-corrected chi connectivity index (χ4v) is 4.29. The van der Waals surface area contributed by atoms with E-state index >= 15 is 0 Å². The highest BCUT2D eigenvalue weighted by molar-refractivity contribution is 6.30. The van der Waals surface area contributed by atoms with Crippen LogP contribution in [0.3, 0.4) is 0 Å². The van der Waals surface area contributed by atoms with Crippen molar-refractivity contribution in [1.82, 2.24) is 9.80 Å². The number of methoxy groups -OCH3 is 1. The number of carbonyl (C=O) groups is 1. The van der Waals surface area contributed by atoms with E-state index in [1.54, 1.807) is 31.4 Å². The minimum absolute atomic E-state index is 0.0415. The summed E-state index contributed by atoms with van der Waals surface area (Å²) in [5, 5.41) is 1.33. The molecular formula is C27H28Cl2N2O3. The number of ether oxygens (including phenoxy) is 2. The first kappa shape index (κ1) is 24.6. The molecule has 0 bridgehead atoms. The van der Waals surface area contributed by atoms with Gasteiger partial charge in [-0.15, -0.1) is 0 Å². The molecule has 0 radical (unpaired) electrons. The number of nitrogens with zero attached hydrogens (tertiary/aromatic N) is 2. The predicted molar refractivity (Wildman–Crippen MR) is 136 cm³/mol. The lowest BCUT2D eigenvalue weighted by molar-refractivity contribution is 0.00337. The summed E-state index contributed by atoms with van der Waals surface area (Å²) < 4.78 is 11.7. The van der Waals surface area contributed by atoms with Crippen molar-refractivity contribution in [1.29, 1.82) is 0 Å². The average Bonchev–Trinajstić information content (AvgIpc) is 2.87. The lowest BCUT2D eigenvalue weighted by Crippen LogP contribution is -2.49.